The molecule has 2 nitrogen and oxygen atoms in total. The summed E-state index contributed by atoms with van der Waals surface area (Å²) < 4.78 is 2.45. The third-order valence-corrected chi connectivity index (χ3v) is 12.9. The number of hydrogen-bond acceptors (Lipinski definition) is 1. The van der Waals surface area contributed by atoms with Crippen LogP contribution in [0, 0.1) is 0 Å². The Hall–Kier alpha value is -7.94. The maximum atomic E-state index is 3.84. The third-order valence-electron chi connectivity index (χ3n) is 12.9. The molecule has 286 valence electrons. The maximum absolute atomic E-state index is 3.84. The molecule has 0 unspecified atom stereocenters. The van der Waals surface area contributed by atoms with E-state index in [4.69, 9.17) is 0 Å². The first-order valence-corrected chi connectivity index (χ1v) is 21.1. The van der Waals surface area contributed by atoms with Crippen molar-refractivity contribution in [2.24, 2.45) is 0 Å². The molecule has 0 bridgehead atoms. The van der Waals surface area contributed by atoms with Gasteiger partial charge in [0.2, 0.25) is 0 Å². The zero-order chi connectivity index (χ0) is 40.3. The number of benzene rings is 10. The lowest BCUT2D eigenvalue weighted by molar-refractivity contribution is 0.769. The lowest BCUT2D eigenvalue weighted by Crippen LogP contribution is -2.28. The zero-order valence-corrected chi connectivity index (χ0v) is 33.5. The van der Waals surface area contributed by atoms with E-state index in [1.807, 2.05) is 0 Å². The molecule has 1 aliphatic carbocycles. The van der Waals surface area contributed by atoms with E-state index in [0.29, 0.717) is 0 Å². The normalized spacial score (nSPS) is 12.7. The summed E-state index contributed by atoms with van der Waals surface area (Å²) in [6, 6.07) is 86.6. The van der Waals surface area contributed by atoms with Gasteiger partial charge in [0.15, 0.2) is 0 Å². The highest BCUT2D eigenvalue weighted by Crippen LogP contribution is 2.59. The minimum atomic E-state index is -0.487. The van der Waals surface area contributed by atoms with Crippen LogP contribution >= 0.6 is 0 Å². The molecule has 0 radical (unpaired) electrons. The molecule has 0 spiro atoms. The molecule has 1 aliphatic rings. The van der Waals surface area contributed by atoms with Crippen molar-refractivity contribution in [3.05, 3.63) is 259 Å². The highest BCUT2D eigenvalue weighted by Gasteiger charge is 2.47. The van der Waals surface area contributed by atoms with Crippen molar-refractivity contribution < 1.29 is 0 Å². The molecule has 0 saturated carbocycles. The van der Waals surface area contributed by atoms with Gasteiger partial charge in [-0.15, -0.1) is 0 Å². The van der Waals surface area contributed by atoms with Crippen LogP contribution in [-0.4, -0.2) is 4.57 Å². The Morgan fingerprint density at radius 1 is 0.361 bits per heavy atom. The number of nitrogens with zero attached hydrogens (tertiary/aromatic N) is 1. The molecule has 0 atom stereocenters. The first-order valence-electron chi connectivity index (χ1n) is 21.1. The number of aromatic nitrogens is 1. The van der Waals surface area contributed by atoms with E-state index >= 15 is 0 Å². The first kappa shape index (κ1) is 35.0. The first-order chi connectivity index (χ1) is 30.3. The average Bonchev–Trinajstić information content (AvgIpc) is 3.83. The number of fused-ring (bicyclic) bond motifs is 8. The van der Waals surface area contributed by atoms with E-state index in [1.165, 1.54) is 82.6 Å². The van der Waals surface area contributed by atoms with Gasteiger partial charge in [0.05, 0.1) is 16.4 Å². The van der Waals surface area contributed by atoms with Gasteiger partial charge in [-0.05, 0) is 104 Å². The molecule has 0 amide bonds. The molecule has 0 fully saturated rings. The fourth-order valence-corrected chi connectivity index (χ4v) is 10.2. The summed E-state index contributed by atoms with van der Waals surface area (Å²) in [5.41, 5.74) is 17.6. The molecule has 2 heteroatoms. The standard InChI is InChI=1S/C59H40N2/c1-5-18-41(19-6-1)49-38-42(32-35-54(49)60-53-31-17-21-40-20-13-14-28-47(40)53)43-33-36-55-50(39-43)58-56(61(55)46-26-11-4-12-27-46)37-34-52-57(58)48-29-15-16-30-51(48)59(52,44-22-7-2-8-23-44)45-24-9-3-10-25-45/h1-39,60H. The van der Waals surface area contributed by atoms with Gasteiger partial charge in [0.25, 0.3) is 0 Å². The number of para-hydroxylation sites is 1. The van der Waals surface area contributed by atoms with Crippen molar-refractivity contribution >= 4 is 44.0 Å². The molecule has 1 heterocycles. The van der Waals surface area contributed by atoms with Crippen LogP contribution in [0.25, 0.3) is 71.6 Å². The molecule has 11 aromatic rings. The maximum Gasteiger partial charge on any atom is 0.0713 e. The van der Waals surface area contributed by atoms with Crippen LogP contribution in [0.1, 0.15) is 22.3 Å². The second-order valence-electron chi connectivity index (χ2n) is 16.1. The highest BCUT2D eigenvalue weighted by atomic mass is 15.0. The lowest BCUT2D eigenvalue weighted by atomic mass is 9.67. The van der Waals surface area contributed by atoms with Crippen molar-refractivity contribution in [2.45, 2.75) is 5.41 Å². The van der Waals surface area contributed by atoms with Crippen LogP contribution in [0.15, 0.2) is 237 Å². The molecule has 1 aromatic heterocycles. The Bertz CT molecular complexity index is 3380. The topological polar surface area (TPSA) is 17.0 Å². The second-order valence-corrected chi connectivity index (χ2v) is 16.1. The highest BCUT2D eigenvalue weighted by molar-refractivity contribution is 6.19. The van der Waals surface area contributed by atoms with E-state index in [2.05, 4.69) is 246 Å². The quantitative estimate of drug-likeness (QED) is 0.171. The molecule has 10 aromatic carbocycles. The minimum Gasteiger partial charge on any atom is -0.355 e. The molecule has 0 aliphatic heterocycles. The number of nitrogens with one attached hydrogen (secondary N) is 1. The van der Waals surface area contributed by atoms with Gasteiger partial charge in [-0.2, -0.15) is 0 Å². The van der Waals surface area contributed by atoms with Gasteiger partial charge < -0.3 is 9.88 Å². The molecule has 0 saturated heterocycles. The van der Waals surface area contributed by atoms with Gasteiger partial charge in [0.1, 0.15) is 0 Å². The molecule has 12 rings (SSSR count). The second kappa shape index (κ2) is 14.1. The largest absolute Gasteiger partial charge is 0.355 e. The Balaban J connectivity index is 1.12. The van der Waals surface area contributed by atoms with E-state index in [1.54, 1.807) is 0 Å². The van der Waals surface area contributed by atoms with Crippen molar-refractivity contribution in [3.8, 4) is 39.1 Å². The van der Waals surface area contributed by atoms with E-state index in [0.717, 1.165) is 22.6 Å². The Kier molecular flexibility index (Phi) is 8.11. The van der Waals surface area contributed by atoms with Crippen molar-refractivity contribution in [2.75, 3.05) is 5.32 Å². The number of hydrogen-bond donors (Lipinski definition) is 1. The molecular weight excluding hydrogens is 737 g/mol. The van der Waals surface area contributed by atoms with E-state index in [-0.39, 0.29) is 0 Å². The Labute approximate surface area is 355 Å². The fraction of sp³-hybridized carbons (Fsp3) is 0.0169. The summed E-state index contributed by atoms with van der Waals surface area (Å²) in [7, 11) is 0. The van der Waals surface area contributed by atoms with Gasteiger partial charge >= 0.3 is 0 Å². The molecule has 61 heavy (non-hydrogen) atoms. The molecule has 1 N–H and O–H groups in total. The SMILES string of the molecule is c1ccc(-c2cc(-c3ccc4c(c3)c3c5c(ccc3n4-c3ccccc3)C(c3ccccc3)(c3ccccc3)c3ccccc3-5)ccc2Nc2cccc3ccccc23)cc1. The smallest absolute Gasteiger partial charge is 0.0713 e. The van der Waals surface area contributed by atoms with Crippen LogP contribution in [0.4, 0.5) is 11.4 Å². The Morgan fingerprint density at radius 3 is 1.74 bits per heavy atom. The predicted molar refractivity (Wildman–Crippen MR) is 256 cm³/mol. The summed E-state index contributed by atoms with van der Waals surface area (Å²) in [6.45, 7) is 0. The Morgan fingerprint density at radius 2 is 0.967 bits per heavy atom. The van der Waals surface area contributed by atoms with Crippen LogP contribution in [0.5, 0.6) is 0 Å². The number of anilines is 2. The average molecular weight is 777 g/mol. The summed E-state index contributed by atoms with van der Waals surface area (Å²) in [5, 5.41) is 8.76. The van der Waals surface area contributed by atoms with Crippen molar-refractivity contribution in [3.63, 3.8) is 0 Å². The van der Waals surface area contributed by atoms with Gasteiger partial charge in [-0.25, -0.2) is 0 Å². The third kappa shape index (κ3) is 5.43. The fourth-order valence-electron chi connectivity index (χ4n) is 10.2. The summed E-state index contributed by atoms with van der Waals surface area (Å²) >= 11 is 0. The van der Waals surface area contributed by atoms with Crippen LogP contribution < -0.4 is 5.32 Å². The summed E-state index contributed by atoms with van der Waals surface area (Å²) in [6.07, 6.45) is 0. The minimum absolute atomic E-state index is 0.487. The van der Waals surface area contributed by atoms with E-state index in [9.17, 15) is 0 Å². The zero-order valence-electron chi connectivity index (χ0n) is 33.5. The van der Waals surface area contributed by atoms with Crippen LogP contribution in [0.3, 0.4) is 0 Å². The summed E-state index contributed by atoms with van der Waals surface area (Å²) in [5.74, 6) is 0. The number of rotatable bonds is 7. The predicted octanol–water partition coefficient (Wildman–Crippen LogP) is 15.4. The van der Waals surface area contributed by atoms with Gasteiger partial charge in [-0.3, -0.25) is 0 Å². The van der Waals surface area contributed by atoms with E-state index < -0.39 is 5.41 Å². The van der Waals surface area contributed by atoms with Gasteiger partial charge in [-0.1, -0.05) is 188 Å². The van der Waals surface area contributed by atoms with Crippen LogP contribution in [-0.2, 0) is 5.41 Å². The monoisotopic (exact) mass is 776 g/mol. The van der Waals surface area contributed by atoms with Crippen molar-refractivity contribution in [1.29, 1.82) is 0 Å². The van der Waals surface area contributed by atoms with Crippen LogP contribution in [0.2, 0.25) is 0 Å². The van der Waals surface area contributed by atoms with Gasteiger partial charge in [0, 0.05) is 38.8 Å². The summed E-state index contributed by atoms with van der Waals surface area (Å²) in [4.78, 5) is 0. The lowest BCUT2D eigenvalue weighted by Gasteiger charge is -2.33. The van der Waals surface area contributed by atoms with Crippen molar-refractivity contribution in [1.82, 2.24) is 4.57 Å². The molecular formula is C59H40N2.